The number of benzene rings is 3. The van der Waals surface area contributed by atoms with Crippen molar-refractivity contribution in [1.29, 1.82) is 0 Å². The number of nitrogens with zero attached hydrogens (tertiary/aromatic N) is 3. The molecule has 2 fully saturated rings. The molecule has 0 aliphatic carbocycles. The second-order valence-corrected chi connectivity index (χ2v) is 16.8. The number of phenols is 2. The van der Waals surface area contributed by atoms with Crippen LogP contribution in [-0.2, 0) is 37.4 Å². The number of fused-ring (bicyclic) bond motifs is 9. The van der Waals surface area contributed by atoms with Gasteiger partial charge in [0, 0.05) is 47.5 Å². The number of amides is 1. The minimum atomic E-state index is -1.86. The summed E-state index contributed by atoms with van der Waals surface area (Å²) in [6.45, 7) is 8.07. The number of phenolic OH excluding ortho intramolecular Hbond substituents is 2. The van der Waals surface area contributed by atoms with E-state index in [0.717, 1.165) is 17.4 Å². The van der Waals surface area contributed by atoms with Crippen LogP contribution in [-0.4, -0.2) is 113 Å². The molecule has 2 saturated heterocycles. The number of piperazine rings is 1. The van der Waals surface area contributed by atoms with Gasteiger partial charge >= 0.3 is 18.0 Å². The van der Waals surface area contributed by atoms with Crippen molar-refractivity contribution >= 4 is 29.8 Å². The molecule has 7 atom stereocenters. The number of likely N-dealkylation sites (N-methyl/N-ethyl adjacent to an activating group) is 1. The fraction of sp³-hybridized carbons (Fsp3) is 0.452. The fourth-order valence-corrected chi connectivity index (χ4v) is 12.2. The summed E-state index contributed by atoms with van der Waals surface area (Å²) in [6.07, 6.45) is -0.329. The Kier molecular flexibility index (Phi) is 9.37. The van der Waals surface area contributed by atoms with Gasteiger partial charge in [-0.3, -0.25) is 19.5 Å². The zero-order valence-corrected chi connectivity index (χ0v) is 34.2. The highest BCUT2D eigenvalue weighted by molar-refractivity contribution is 7.99. The highest BCUT2D eigenvalue weighted by Crippen LogP contribution is 2.65. The number of hydrogen-bond acceptors (Lipinski definition) is 16. The van der Waals surface area contributed by atoms with Crippen LogP contribution in [0.15, 0.2) is 31.0 Å². The number of esters is 2. The van der Waals surface area contributed by atoms with Gasteiger partial charge in [0.05, 0.1) is 43.9 Å². The van der Waals surface area contributed by atoms with E-state index >= 15 is 4.79 Å². The van der Waals surface area contributed by atoms with Gasteiger partial charge in [-0.2, -0.15) is 0 Å². The first-order valence-electron chi connectivity index (χ1n) is 19.3. The summed E-state index contributed by atoms with van der Waals surface area (Å²) in [5, 5.41) is 34.9. The van der Waals surface area contributed by atoms with Gasteiger partial charge in [0.2, 0.25) is 6.79 Å². The average Bonchev–Trinajstić information content (AvgIpc) is 3.69. The normalized spacial score (nSPS) is 27.8. The number of aliphatic hydroxyl groups excluding tert-OH is 1. The highest BCUT2D eigenvalue weighted by Gasteiger charge is 2.62. The zero-order valence-electron chi connectivity index (χ0n) is 33.4. The Balaban J connectivity index is 1.34. The summed E-state index contributed by atoms with van der Waals surface area (Å²) in [5.41, 5.74) is 2.92. The van der Waals surface area contributed by atoms with E-state index in [4.69, 9.17) is 33.2 Å². The summed E-state index contributed by atoms with van der Waals surface area (Å²) < 4.78 is 41.4. The summed E-state index contributed by atoms with van der Waals surface area (Å²) in [4.78, 5) is 47.5. The maximum Gasteiger partial charge on any atom is 0.415 e. The van der Waals surface area contributed by atoms with Crippen molar-refractivity contribution in [3.05, 3.63) is 75.5 Å². The molecular formula is C42H45N3O13S. The van der Waals surface area contributed by atoms with Crippen LogP contribution in [0.1, 0.15) is 68.8 Å². The summed E-state index contributed by atoms with van der Waals surface area (Å²) in [7, 11) is 4.80. The lowest BCUT2D eigenvalue weighted by Crippen LogP contribution is -2.70. The average molecular weight is 832 g/mol. The van der Waals surface area contributed by atoms with Gasteiger partial charge in [0.1, 0.15) is 18.6 Å². The summed E-state index contributed by atoms with van der Waals surface area (Å²) in [5.74, 6) is -0.293. The number of aryl methyl sites for hydroxylation is 1. The lowest BCUT2D eigenvalue weighted by atomic mass is 9.73. The van der Waals surface area contributed by atoms with Gasteiger partial charge in [-0.05, 0) is 68.1 Å². The van der Waals surface area contributed by atoms with E-state index in [1.807, 2.05) is 24.9 Å². The molecule has 17 heteroatoms. The predicted molar refractivity (Wildman–Crippen MR) is 210 cm³/mol. The Morgan fingerprint density at radius 3 is 2.49 bits per heavy atom. The first-order valence-corrected chi connectivity index (χ1v) is 20.3. The third-order valence-corrected chi connectivity index (χ3v) is 14.3. The van der Waals surface area contributed by atoms with Crippen LogP contribution in [0.25, 0.3) is 0 Å². The van der Waals surface area contributed by atoms with Crippen molar-refractivity contribution in [3.8, 4) is 40.2 Å². The van der Waals surface area contributed by atoms with E-state index < -0.39 is 59.2 Å². The van der Waals surface area contributed by atoms with Crippen molar-refractivity contribution in [2.45, 2.75) is 74.8 Å². The number of aromatic hydroxyl groups is 2. The third kappa shape index (κ3) is 5.43. The molecule has 7 aliphatic rings. The minimum absolute atomic E-state index is 0.0178. The molecule has 1 unspecified atom stereocenters. The van der Waals surface area contributed by atoms with E-state index in [9.17, 15) is 24.9 Å². The molecule has 16 nitrogen and oxygen atoms in total. The van der Waals surface area contributed by atoms with Gasteiger partial charge in [0.15, 0.2) is 40.0 Å². The van der Waals surface area contributed by atoms with Gasteiger partial charge in [-0.25, -0.2) is 9.59 Å². The van der Waals surface area contributed by atoms with Crippen molar-refractivity contribution in [2.75, 3.05) is 47.0 Å². The molecule has 0 aromatic heterocycles. The number of hydrogen-bond donors (Lipinski definition) is 3. The van der Waals surface area contributed by atoms with Gasteiger partial charge in [0.25, 0.3) is 0 Å². The largest absolute Gasteiger partial charge is 0.504 e. The number of methoxy groups -OCH3 is 2. The fourth-order valence-electron chi connectivity index (χ4n) is 10.5. The number of aliphatic hydroxyl groups is 1. The molecule has 3 aromatic carbocycles. The van der Waals surface area contributed by atoms with E-state index in [1.54, 1.807) is 13.0 Å². The van der Waals surface area contributed by atoms with Crippen LogP contribution in [0.3, 0.4) is 0 Å². The molecular weight excluding hydrogens is 787 g/mol. The Morgan fingerprint density at radius 2 is 1.78 bits per heavy atom. The first kappa shape index (κ1) is 39.1. The van der Waals surface area contributed by atoms with Crippen LogP contribution in [0.4, 0.5) is 4.79 Å². The molecule has 3 aromatic rings. The van der Waals surface area contributed by atoms with E-state index in [1.165, 1.54) is 43.9 Å². The van der Waals surface area contributed by atoms with Crippen molar-refractivity contribution in [3.63, 3.8) is 0 Å². The van der Waals surface area contributed by atoms with Crippen molar-refractivity contribution in [2.24, 2.45) is 0 Å². The summed E-state index contributed by atoms with van der Waals surface area (Å²) in [6, 6.07) is 2.36. The quantitative estimate of drug-likeness (QED) is 0.191. The van der Waals surface area contributed by atoms with Crippen LogP contribution < -0.4 is 23.7 Å². The van der Waals surface area contributed by atoms with Gasteiger partial charge in [-0.15, -0.1) is 11.8 Å². The van der Waals surface area contributed by atoms with Gasteiger partial charge < -0.3 is 48.5 Å². The second-order valence-electron chi connectivity index (χ2n) is 15.7. The molecule has 312 valence electrons. The number of thioether (sulfide) groups is 1. The Hall–Kier alpha value is -5.36. The number of carbonyl (C=O) groups is 3. The SMILES string of the molecule is C=COC(=O)N1CCc2cc(O)c(OC)cc2[C@@]12CS[C@@H]1c3c(OC(C)=O)c(C)c4c(c3[C@H](COC2=O)N2C1[C@H]1c3c(cc(C)c(OC)c3O)C[C@@H]([C@@H]2O)N1C)OCO4. The second kappa shape index (κ2) is 14.1. The van der Waals surface area contributed by atoms with E-state index in [0.29, 0.717) is 57.1 Å². The highest BCUT2D eigenvalue weighted by atomic mass is 32.2. The molecule has 10 rings (SSSR count). The smallest absolute Gasteiger partial charge is 0.415 e. The minimum Gasteiger partial charge on any atom is -0.504 e. The third-order valence-electron chi connectivity index (χ3n) is 12.9. The van der Waals surface area contributed by atoms with E-state index in [-0.39, 0.29) is 55.1 Å². The molecule has 1 spiro atoms. The van der Waals surface area contributed by atoms with Crippen LogP contribution in [0.2, 0.25) is 0 Å². The Morgan fingerprint density at radius 1 is 1.02 bits per heavy atom. The van der Waals surface area contributed by atoms with Crippen molar-refractivity contribution < 1.29 is 62.9 Å². The monoisotopic (exact) mass is 831 g/mol. The van der Waals surface area contributed by atoms with Crippen LogP contribution in [0.5, 0.6) is 40.2 Å². The molecule has 7 heterocycles. The Bertz CT molecular complexity index is 2340. The molecule has 0 radical (unpaired) electrons. The maximum atomic E-state index is 15.2. The lowest BCUT2D eigenvalue weighted by molar-refractivity contribution is -0.188. The zero-order chi connectivity index (χ0) is 41.8. The molecule has 3 N–H and O–H groups in total. The molecule has 1 amide bonds. The summed E-state index contributed by atoms with van der Waals surface area (Å²) >= 11 is 1.29. The van der Waals surface area contributed by atoms with E-state index in [2.05, 4.69) is 11.5 Å². The molecule has 59 heavy (non-hydrogen) atoms. The number of rotatable bonds is 4. The van der Waals surface area contributed by atoms with Crippen molar-refractivity contribution in [1.82, 2.24) is 14.7 Å². The number of carbonyl (C=O) groups excluding carboxylic acids is 3. The molecule has 0 saturated carbocycles. The lowest BCUT2D eigenvalue weighted by Gasteiger charge is -2.62. The molecule has 4 bridgehead atoms. The van der Waals surface area contributed by atoms with Crippen LogP contribution in [0, 0.1) is 13.8 Å². The van der Waals surface area contributed by atoms with Gasteiger partial charge in [-0.1, -0.05) is 12.6 Å². The maximum absolute atomic E-state index is 15.2. The molecule has 7 aliphatic heterocycles. The Labute approximate surface area is 344 Å². The first-order chi connectivity index (χ1) is 28.3. The topological polar surface area (TPSA) is 186 Å². The number of ether oxygens (including phenoxy) is 7. The predicted octanol–water partition coefficient (Wildman–Crippen LogP) is 4.41. The standard InChI is InChI=1S/C42H45N3O13S/c1-8-54-41(51)44-10-9-21-13-26(47)27(52-6)14-23(21)42(44)16-59-38-30-29(37-36(56-17-57-37)19(3)35(30)58-20(4)46)25(15-55-40(42)50)45-32(38)31-28-22(12-24(39(45)49)43(31)5)11-18(2)34(53-7)33(28)48/h8,11,13-14,24-25,31-32,38-39,47-49H,1,9-10,12,15-17H2,2-7H3/t24-,25-,31+,32?,38+,39-,42+/m0/s1. The van der Waals surface area contributed by atoms with Crippen LogP contribution >= 0.6 is 11.8 Å².